The van der Waals surface area contributed by atoms with Gasteiger partial charge in [-0.25, -0.2) is 0 Å². The van der Waals surface area contributed by atoms with E-state index in [9.17, 15) is 4.79 Å². The van der Waals surface area contributed by atoms with E-state index in [-0.39, 0.29) is 5.78 Å². The third-order valence-corrected chi connectivity index (χ3v) is 3.10. The van der Waals surface area contributed by atoms with E-state index in [0.29, 0.717) is 42.3 Å². The first kappa shape index (κ1) is 15.6. The first-order valence-electron chi connectivity index (χ1n) is 7.12. The highest BCUT2D eigenvalue weighted by Gasteiger charge is 2.02. The van der Waals surface area contributed by atoms with Crippen molar-refractivity contribution >= 4 is 5.78 Å². The number of ether oxygens (including phenoxy) is 2. The zero-order valence-corrected chi connectivity index (χ0v) is 12.4. The molecular weight excluding hydrogens is 278 g/mol. The number of nitrogens with zero attached hydrogens (tertiary/aromatic N) is 1. The molecule has 2 rings (SSSR count). The second-order valence-corrected chi connectivity index (χ2v) is 4.63. The maximum absolute atomic E-state index is 11.5. The van der Waals surface area contributed by atoms with E-state index in [0.717, 1.165) is 0 Å². The van der Waals surface area contributed by atoms with Crippen molar-refractivity contribution in [3.8, 4) is 17.6 Å². The van der Waals surface area contributed by atoms with Gasteiger partial charge in [-0.15, -0.1) is 0 Å². The monoisotopic (exact) mass is 295 g/mol. The van der Waals surface area contributed by atoms with E-state index < -0.39 is 0 Å². The van der Waals surface area contributed by atoms with Gasteiger partial charge in [0.2, 0.25) is 0 Å². The molecule has 0 N–H and O–H groups in total. The molecule has 0 bridgehead atoms. The molecule has 0 amide bonds. The summed E-state index contributed by atoms with van der Waals surface area (Å²) in [5.41, 5.74) is 1.30. The molecule has 0 heterocycles. The Bertz CT molecular complexity index is 654. The molecule has 0 atom stereocenters. The summed E-state index contributed by atoms with van der Waals surface area (Å²) < 4.78 is 11.1. The SMILES string of the molecule is CCC(=O)c1ccc(OCCOc2ccc(C#N)cc2)cc1. The molecule has 0 fully saturated rings. The lowest BCUT2D eigenvalue weighted by Crippen LogP contribution is -2.09. The smallest absolute Gasteiger partial charge is 0.162 e. The first-order chi connectivity index (χ1) is 10.7. The highest BCUT2D eigenvalue weighted by atomic mass is 16.5. The van der Waals surface area contributed by atoms with Crippen LogP contribution in [-0.4, -0.2) is 19.0 Å². The number of benzene rings is 2. The molecule has 4 nitrogen and oxygen atoms in total. The van der Waals surface area contributed by atoms with Crippen LogP contribution in [0, 0.1) is 11.3 Å². The van der Waals surface area contributed by atoms with Crippen molar-refractivity contribution in [1.29, 1.82) is 5.26 Å². The summed E-state index contributed by atoms with van der Waals surface area (Å²) in [5.74, 6) is 1.53. The molecule has 112 valence electrons. The van der Waals surface area contributed by atoms with Crippen molar-refractivity contribution in [3.63, 3.8) is 0 Å². The number of Topliss-reactive ketones (excluding diaryl/α,β-unsaturated/α-hetero) is 1. The Morgan fingerprint density at radius 3 is 1.91 bits per heavy atom. The third-order valence-electron chi connectivity index (χ3n) is 3.10. The summed E-state index contributed by atoms with van der Waals surface area (Å²) in [5, 5.41) is 8.71. The fraction of sp³-hybridized carbons (Fsp3) is 0.222. The third kappa shape index (κ3) is 4.35. The first-order valence-corrected chi connectivity index (χ1v) is 7.12. The van der Waals surface area contributed by atoms with Crippen LogP contribution in [-0.2, 0) is 0 Å². The molecular formula is C18H17NO3. The minimum absolute atomic E-state index is 0.121. The van der Waals surface area contributed by atoms with Gasteiger partial charge >= 0.3 is 0 Å². The van der Waals surface area contributed by atoms with Gasteiger partial charge in [0.15, 0.2) is 5.78 Å². The molecule has 0 saturated heterocycles. The van der Waals surface area contributed by atoms with E-state index in [1.807, 2.05) is 6.92 Å². The average Bonchev–Trinajstić information content (AvgIpc) is 2.59. The van der Waals surface area contributed by atoms with E-state index >= 15 is 0 Å². The Morgan fingerprint density at radius 2 is 1.45 bits per heavy atom. The standard InChI is InChI=1S/C18H17NO3/c1-2-18(20)15-5-9-17(10-6-15)22-12-11-21-16-7-3-14(13-19)4-8-16/h3-10H,2,11-12H2,1H3. The van der Waals surface area contributed by atoms with Crippen molar-refractivity contribution in [2.75, 3.05) is 13.2 Å². The summed E-state index contributed by atoms with van der Waals surface area (Å²) in [6, 6.07) is 16.1. The van der Waals surface area contributed by atoms with Crippen LogP contribution in [0.1, 0.15) is 29.3 Å². The van der Waals surface area contributed by atoms with Crippen LogP contribution < -0.4 is 9.47 Å². The summed E-state index contributed by atoms with van der Waals surface area (Å²) in [4.78, 5) is 11.5. The van der Waals surface area contributed by atoms with E-state index in [1.54, 1.807) is 48.5 Å². The zero-order chi connectivity index (χ0) is 15.8. The molecule has 22 heavy (non-hydrogen) atoms. The van der Waals surface area contributed by atoms with Crippen LogP contribution in [0.15, 0.2) is 48.5 Å². The van der Waals surface area contributed by atoms with Crippen LogP contribution in [0.2, 0.25) is 0 Å². The average molecular weight is 295 g/mol. The lowest BCUT2D eigenvalue weighted by atomic mass is 10.1. The van der Waals surface area contributed by atoms with Crippen molar-refractivity contribution in [3.05, 3.63) is 59.7 Å². The highest BCUT2D eigenvalue weighted by molar-refractivity contribution is 5.95. The lowest BCUT2D eigenvalue weighted by Gasteiger charge is -2.08. The van der Waals surface area contributed by atoms with Crippen LogP contribution in [0.3, 0.4) is 0 Å². The molecule has 0 unspecified atom stereocenters. The Labute approximate surface area is 129 Å². The summed E-state index contributed by atoms with van der Waals surface area (Å²) in [6.45, 7) is 2.65. The van der Waals surface area contributed by atoms with Gasteiger partial charge in [0.25, 0.3) is 0 Å². The lowest BCUT2D eigenvalue weighted by molar-refractivity contribution is 0.0988. The van der Waals surface area contributed by atoms with Crippen LogP contribution in [0.25, 0.3) is 0 Å². The number of hydrogen-bond donors (Lipinski definition) is 0. The molecule has 2 aromatic carbocycles. The van der Waals surface area contributed by atoms with Crippen molar-refractivity contribution < 1.29 is 14.3 Å². The predicted molar refractivity (Wildman–Crippen MR) is 83.2 cm³/mol. The van der Waals surface area contributed by atoms with Gasteiger partial charge < -0.3 is 9.47 Å². The number of hydrogen-bond acceptors (Lipinski definition) is 4. The van der Waals surface area contributed by atoms with Gasteiger partial charge in [-0.3, -0.25) is 4.79 Å². The molecule has 0 saturated carbocycles. The minimum atomic E-state index is 0.121. The molecule has 0 aliphatic rings. The fourth-order valence-electron chi connectivity index (χ4n) is 1.89. The van der Waals surface area contributed by atoms with Gasteiger partial charge in [-0.1, -0.05) is 6.92 Å². The Kier molecular flexibility index (Phi) is 5.56. The van der Waals surface area contributed by atoms with Gasteiger partial charge in [0, 0.05) is 12.0 Å². The normalized spacial score (nSPS) is 9.82. The summed E-state index contributed by atoms with van der Waals surface area (Å²) in [7, 11) is 0. The zero-order valence-electron chi connectivity index (χ0n) is 12.4. The van der Waals surface area contributed by atoms with Gasteiger partial charge in [0.1, 0.15) is 24.7 Å². The Balaban J connectivity index is 1.76. The van der Waals surface area contributed by atoms with Crippen LogP contribution in [0.4, 0.5) is 0 Å². The number of nitriles is 1. The number of ketones is 1. The molecule has 0 radical (unpaired) electrons. The molecule has 4 heteroatoms. The Hall–Kier alpha value is -2.80. The summed E-state index contributed by atoms with van der Waals surface area (Å²) >= 11 is 0. The quantitative estimate of drug-likeness (QED) is 0.578. The maximum Gasteiger partial charge on any atom is 0.162 e. The van der Waals surface area contributed by atoms with Crippen molar-refractivity contribution in [2.24, 2.45) is 0 Å². The number of carbonyl (C=O) groups excluding carboxylic acids is 1. The van der Waals surface area contributed by atoms with Gasteiger partial charge in [-0.05, 0) is 48.5 Å². The summed E-state index contributed by atoms with van der Waals surface area (Å²) in [6.07, 6.45) is 0.499. The topological polar surface area (TPSA) is 59.3 Å². The maximum atomic E-state index is 11.5. The number of carbonyl (C=O) groups is 1. The molecule has 0 aromatic heterocycles. The van der Waals surface area contributed by atoms with E-state index in [2.05, 4.69) is 6.07 Å². The molecule has 2 aromatic rings. The minimum Gasteiger partial charge on any atom is -0.490 e. The molecule has 0 spiro atoms. The highest BCUT2D eigenvalue weighted by Crippen LogP contribution is 2.14. The van der Waals surface area contributed by atoms with Crippen LogP contribution in [0.5, 0.6) is 11.5 Å². The van der Waals surface area contributed by atoms with Crippen molar-refractivity contribution in [2.45, 2.75) is 13.3 Å². The van der Waals surface area contributed by atoms with Crippen molar-refractivity contribution in [1.82, 2.24) is 0 Å². The Morgan fingerprint density at radius 1 is 0.955 bits per heavy atom. The van der Waals surface area contributed by atoms with Crippen LogP contribution >= 0.6 is 0 Å². The fourth-order valence-corrected chi connectivity index (χ4v) is 1.89. The predicted octanol–water partition coefficient (Wildman–Crippen LogP) is 3.61. The second kappa shape index (κ2) is 7.84. The molecule has 0 aliphatic heterocycles. The van der Waals surface area contributed by atoms with E-state index in [4.69, 9.17) is 14.7 Å². The number of rotatable bonds is 7. The largest absolute Gasteiger partial charge is 0.490 e. The second-order valence-electron chi connectivity index (χ2n) is 4.63. The van der Waals surface area contributed by atoms with E-state index in [1.165, 1.54) is 0 Å². The molecule has 0 aliphatic carbocycles. The van der Waals surface area contributed by atoms with Gasteiger partial charge in [-0.2, -0.15) is 5.26 Å². The van der Waals surface area contributed by atoms with Gasteiger partial charge in [0.05, 0.1) is 11.6 Å².